The predicted octanol–water partition coefficient (Wildman–Crippen LogP) is 0.110. The fourth-order valence-electron chi connectivity index (χ4n) is 2.80. The van der Waals surface area contributed by atoms with E-state index < -0.39 is 0 Å². The molecule has 5 heteroatoms. The number of hydrazine groups is 1. The molecule has 2 saturated heterocycles. The molecule has 2 aliphatic heterocycles. The molecule has 0 aromatic rings. The molecule has 0 aliphatic carbocycles. The van der Waals surface area contributed by atoms with Crippen molar-refractivity contribution in [3.63, 3.8) is 0 Å². The maximum absolute atomic E-state index is 6.00. The molecule has 1 unspecified atom stereocenters. The summed E-state index contributed by atoms with van der Waals surface area (Å²) in [5.41, 5.74) is 9.52. The summed E-state index contributed by atoms with van der Waals surface area (Å²) in [5.74, 6) is 0. The lowest BCUT2D eigenvalue weighted by Crippen LogP contribution is -2.64. The molecule has 0 radical (unpaired) electrons. The third-order valence-corrected chi connectivity index (χ3v) is 3.63. The predicted molar refractivity (Wildman–Crippen MR) is 66.6 cm³/mol. The smallest absolute Gasteiger partial charge is 0.0645 e. The van der Waals surface area contributed by atoms with Crippen LogP contribution in [0.15, 0.2) is 0 Å². The standard InChI is InChI=1S/C12H25N3O2/c1-11(2)9-12(10-13,3-6-17-11)14-15-4-7-16-8-5-15/h14H,3-10,13H2,1-2H3. The second-order valence-corrected chi connectivity index (χ2v) is 5.73. The van der Waals surface area contributed by atoms with Crippen LogP contribution < -0.4 is 11.2 Å². The van der Waals surface area contributed by atoms with Crippen molar-refractivity contribution < 1.29 is 9.47 Å². The van der Waals surface area contributed by atoms with Crippen LogP contribution in [-0.2, 0) is 9.47 Å². The molecule has 3 N–H and O–H groups in total. The summed E-state index contributed by atoms with van der Waals surface area (Å²) in [4.78, 5) is 0. The maximum Gasteiger partial charge on any atom is 0.0645 e. The van der Waals surface area contributed by atoms with Gasteiger partial charge >= 0.3 is 0 Å². The first kappa shape index (κ1) is 13.2. The molecule has 0 spiro atoms. The van der Waals surface area contributed by atoms with Gasteiger partial charge in [0.05, 0.1) is 18.8 Å². The maximum atomic E-state index is 6.00. The largest absolute Gasteiger partial charge is 0.379 e. The number of rotatable bonds is 3. The first-order valence-corrected chi connectivity index (χ1v) is 6.50. The fourth-order valence-corrected chi connectivity index (χ4v) is 2.80. The van der Waals surface area contributed by atoms with E-state index in [0.29, 0.717) is 6.54 Å². The molecule has 100 valence electrons. The zero-order valence-electron chi connectivity index (χ0n) is 11.0. The molecule has 1 atom stereocenters. The third kappa shape index (κ3) is 3.39. The Bertz CT molecular complexity index is 254. The van der Waals surface area contributed by atoms with Gasteiger partial charge in [-0.3, -0.25) is 0 Å². The van der Waals surface area contributed by atoms with Crippen molar-refractivity contribution in [2.24, 2.45) is 5.73 Å². The minimum absolute atomic E-state index is 0.0148. The van der Waals surface area contributed by atoms with E-state index in [4.69, 9.17) is 15.2 Å². The van der Waals surface area contributed by atoms with E-state index in [1.54, 1.807) is 0 Å². The topological polar surface area (TPSA) is 59.8 Å². The molecular formula is C12H25N3O2. The van der Waals surface area contributed by atoms with E-state index in [1.807, 2.05) is 0 Å². The lowest BCUT2D eigenvalue weighted by Gasteiger charge is -2.47. The van der Waals surface area contributed by atoms with Gasteiger partial charge in [-0.15, -0.1) is 0 Å². The highest BCUT2D eigenvalue weighted by Gasteiger charge is 2.41. The van der Waals surface area contributed by atoms with Crippen LogP contribution in [0.5, 0.6) is 0 Å². The second-order valence-electron chi connectivity index (χ2n) is 5.73. The molecular weight excluding hydrogens is 218 g/mol. The number of nitrogens with one attached hydrogen (secondary N) is 1. The van der Waals surface area contributed by atoms with Gasteiger partial charge in [0.2, 0.25) is 0 Å². The molecule has 0 amide bonds. The van der Waals surface area contributed by atoms with E-state index in [1.165, 1.54) is 0 Å². The Morgan fingerprint density at radius 2 is 1.94 bits per heavy atom. The summed E-state index contributed by atoms with van der Waals surface area (Å²) < 4.78 is 11.1. The van der Waals surface area contributed by atoms with Crippen LogP contribution in [0.3, 0.4) is 0 Å². The number of morpholine rings is 1. The zero-order chi connectivity index (χ0) is 12.4. The van der Waals surface area contributed by atoms with Crippen LogP contribution in [0.2, 0.25) is 0 Å². The van der Waals surface area contributed by atoms with Crippen molar-refractivity contribution in [1.82, 2.24) is 10.4 Å². The van der Waals surface area contributed by atoms with Crippen molar-refractivity contribution in [2.45, 2.75) is 37.8 Å². The molecule has 0 saturated carbocycles. The van der Waals surface area contributed by atoms with Gasteiger partial charge in [-0.25, -0.2) is 10.4 Å². The van der Waals surface area contributed by atoms with Gasteiger partial charge < -0.3 is 15.2 Å². The molecule has 5 nitrogen and oxygen atoms in total. The van der Waals surface area contributed by atoms with Crippen molar-refractivity contribution in [3.05, 3.63) is 0 Å². The van der Waals surface area contributed by atoms with Crippen LogP contribution >= 0.6 is 0 Å². The number of ether oxygens (including phenoxy) is 2. The number of hydrogen-bond acceptors (Lipinski definition) is 5. The molecule has 0 aromatic carbocycles. The average molecular weight is 243 g/mol. The first-order valence-electron chi connectivity index (χ1n) is 6.50. The quantitative estimate of drug-likeness (QED) is 0.737. The molecule has 2 heterocycles. The summed E-state index contributed by atoms with van der Waals surface area (Å²) in [6.07, 6.45) is 1.93. The number of nitrogens with zero attached hydrogens (tertiary/aromatic N) is 1. The molecule has 17 heavy (non-hydrogen) atoms. The molecule has 2 rings (SSSR count). The van der Waals surface area contributed by atoms with E-state index in [2.05, 4.69) is 24.3 Å². The SMILES string of the molecule is CC1(C)CC(CN)(NN2CCOCC2)CCO1. The van der Waals surface area contributed by atoms with Crippen LogP contribution in [-0.4, -0.2) is 55.6 Å². The zero-order valence-corrected chi connectivity index (χ0v) is 11.0. The Kier molecular flexibility index (Phi) is 4.05. The van der Waals surface area contributed by atoms with Crippen LogP contribution in [0, 0.1) is 0 Å². The Hall–Kier alpha value is -0.200. The summed E-state index contributed by atoms with van der Waals surface area (Å²) in [7, 11) is 0. The summed E-state index contributed by atoms with van der Waals surface area (Å²) in [6, 6.07) is 0. The van der Waals surface area contributed by atoms with Crippen molar-refractivity contribution >= 4 is 0 Å². The molecule has 0 bridgehead atoms. The van der Waals surface area contributed by atoms with Gasteiger partial charge in [0, 0.05) is 31.8 Å². The Morgan fingerprint density at radius 3 is 2.53 bits per heavy atom. The number of nitrogens with two attached hydrogens (primary N) is 1. The normalized spacial score (nSPS) is 34.8. The highest BCUT2D eigenvalue weighted by atomic mass is 16.5. The Morgan fingerprint density at radius 1 is 1.24 bits per heavy atom. The number of hydrogen-bond donors (Lipinski definition) is 2. The average Bonchev–Trinajstić information content (AvgIpc) is 2.29. The lowest BCUT2D eigenvalue weighted by molar-refractivity contribution is -0.109. The van der Waals surface area contributed by atoms with E-state index in [0.717, 1.165) is 45.8 Å². The monoisotopic (exact) mass is 243 g/mol. The van der Waals surface area contributed by atoms with E-state index >= 15 is 0 Å². The van der Waals surface area contributed by atoms with Crippen LogP contribution in [0.25, 0.3) is 0 Å². The summed E-state index contributed by atoms with van der Waals surface area (Å²) in [6.45, 7) is 9.17. The van der Waals surface area contributed by atoms with Crippen molar-refractivity contribution in [3.8, 4) is 0 Å². The highest BCUT2D eigenvalue weighted by molar-refractivity contribution is 4.97. The van der Waals surface area contributed by atoms with E-state index in [9.17, 15) is 0 Å². The van der Waals surface area contributed by atoms with Gasteiger partial charge in [0.25, 0.3) is 0 Å². The van der Waals surface area contributed by atoms with Gasteiger partial charge in [-0.1, -0.05) is 0 Å². The molecule has 2 fully saturated rings. The minimum atomic E-state index is -0.0864. The summed E-state index contributed by atoms with van der Waals surface area (Å²) >= 11 is 0. The Balaban J connectivity index is 1.97. The lowest BCUT2D eigenvalue weighted by atomic mass is 9.82. The molecule has 2 aliphatic rings. The van der Waals surface area contributed by atoms with Crippen molar-refractivity contribution in [1.29, 1.82) is 0 Å². The fraction of sp³-hybridized carbons (Fsp3) is 1.00. The van der Waals surface area contributed by atoms with E-state index in [-0.39, 0.29) is 11.1 Å². The van der Waals surface area contributed by atoms with Crippen LogP contribution in [0.1, 0.15) is 26.7 Å². The third-order valence-electron chi connectivity index (χ3n) is 3.63. The Labute approximate surface area is 104 Å². The van der Waals surface area contributed by atoms with Gasteiger partial charge in [0.1, 0.15) is 0 Å². The summed E-state index contributed by atoms with van der Waals surface area (Å²) in [5, 5.41) is 2.25. The van der Waals surface area contributed by atoms with Gasteiger partial charge in [-0.2, -0.15) is 0 Å². The van der Waals surface area contributed by atoms with Gasteiger partial charge in [0.15, 0.2) is 0 Å². The first-order chi connectivity index (χ1) is 8.05. The van der Waals surface area contributed by atoms with Gasteiger partial charge in [-0.05, 0) is 26.7 Å². The van der Waals surface area contributed by atoms with Crippen LogP contribution in [0.4, 0.5) is 0 Å². The second kappa shape index (κ2) is 5.20. The molecule has 0 aromatic heterocycles. The highest BCUT2D eigenvalue weighted by Crippen LogP contribution is 2.31. The van der Waals surface area contributed by atoms with Crippen molar-refractivity contribution in [2.75, 3.05) is 39.5 Å². The minimum Gasteiger partial charge on any atom is -0.379 e.